The highest BCUT2D eigenvalue weighted by molar-refractivity contribution is 5.85. The van der Waals surface area contributed by atoms with Crippen LogP contribution in [-0.4, -0.2) is 31.2 Å². The molecule has 1 rings (SSSR count). The standard InChI is InChI=1S/C12H24N2O2.ClH/c1-9(2)11(13)12(15)14-7-8-16-10-5-3-4-6-10;/h9-11H,3-8,13H2,1-2H3,(H,14,15);1H. The second-order valence-corrected chi connectivity index (χ2v) is 4.84. The van der Waals surface area contributed by atoms with E-state index < -0.39 is 6.04 Å². The molecule has 17 heavy (non-hydrogen) atoms. The van der Waals surface area contributed by atoms with E-state index in [1.165, 1.54) is 25.7 Å². The molecular weight excluding hydrogens is 240 g/mol. The molecule has 1 unspecified atom stereocenters. The third-order valence-corrected chi connectivity index (χ3v) is 3.08. The van der Waals surface area contributed by atoms with Crippen LogP contribution < -0.4 is 11.1 Å². The van der Waals surface area contributed by atoms with E-state index in [-0.39, 0.29) is 24.2 Å². The lowest BCUT2D eigenvalue weighted by molar-refractivity contribution is -0.123. The van der Waals surface area contributed by atoms with Gasteiger partial charge in [0.2, 0.25) is 5.91 Å². The van der Waals surface area contributed by atoms with Gasteiger partial charge in [0, 0.05) is 6.54 Å². The Morgan fingerprint density at radius 1 is 1.41 bits per heavy atom. The summed E-state index contributed by atoms with van der Waals surface area (Å²) in [5.74, 6) is 0.0979. The molecule has 5 heteroatoms. The number of ether oxygens (including phenoxy) is 1. The fraction of sp³-hybridized carbons (Fsp3) is 0.917. The van der Waals surface area contributed by atoms with Gasteiger partial charge in [-0.1, -0.05) is 26.7 Å². The van der Waals surface area contributed by atoms with E-state index in [0.717, 1.165) is 0 Å². The van der Waals surface area contributed by atoms with Gasteiger partial charge in [-0.3, -0.25) is 4.79 Å². The zero-order valence-electron chi connectivity index (χ0n) is 10.8. The summed E-state index contributed by atoms with van der Waals surface area (Å²) in [7, 11) is 0. The first-order valence-electron chi connectivity index (χ1n) is 6.26. The number of hydrogen-bond acceptors (Lipinski definition) is 3. The number of carbonyl (C=O) groups excluding carboxylic acids is 1. The van der Waals surface area contributed by atoms with Gasteiger partial charge in [-0.15, -0.1) is 12.4 Å². The maximum Gasteiger partial charge on any atom is 0.237 e. The first kappa shape index (κ1) is 16.7. The molecule has 0 spiro atoms. The molecule has 0 aromatic carbocycles. The Morgan fingerprint density at radius 2 is 2.00 bits per heavy atom. The van der Waals surface area contributed by atoms with E-state index in [9.17, 15) is 4.79 Å². The Morgan fingerprint density at radius 3 is 2.53 bits per heavy atom. The Labute approximate surface area is 110 Å². The van der Waals surface area contributed by atoms with Crippen LogP contribution in [-0.2, 0) is 9.53 Å². The molecule has 0 radical (unpaired) electrons. The lowest BCUT2D eigenvalue weighted by Crippen LogP contribution is -2.45. The van der Waals surface area contributed by atoms with Crippen molar-refractivity contribution in [1.29, 1.82) is 0 Å². The molecule has 1 atom stereocenters. The SMILES string of the molecule is CC(C)C(N)C(=O)NCCOC1CCCC1.Cl. The van der Waals surface area contributed by atoms with Crippen LogP contribution in [0.3, 0.4) is 0 Å². The van der Waals surface area contributed by atoms with Gasteiger partial charge < -0.3 is 15.8 Å². The van der Waals surface area contributed by atoms with Gasteiger partial charge in [-0.25, -0.2) is 0 Å². The number of nitrogens with two attached hydrogens (primary N) is 1. The summed E-state index contributed by atoms with van der Waals surface area (Å²) in [5.41, 5.74) is 5.71. The minimum atomic E-state index is -0.411. The molecule has 0 bridgehead atoms. The van der Waals surface area contributed by atoms with E-state index >= 15 is 0 Å². The highest BCUT2D eigenvalue weighted by Crippen LogP contribution is 2.20. The minimum Gasteiger partial charge on any atom is -0.376 e. The van der Waals surface area contributed by atoms with Crippen molar-refractivity contribution in [2.75, 3.05) is 13.2 Å². The molecule has 1 aliphatic rings. The number of nitrogens with one attached hydrogen (secondary N) is 1. The van der Waals surface area contributed by atoms with Gasteiger partial charge in [-0.2, -0.15) is 0 Å². The largest absolute Gasteiger partial charge is 0.376 e. The van der Waals surface area contributed by atoms with Gasteiger partial charge in [0.05, 0.1) is 18.8 Å². The molecule has 102 valence electrons. The molecule has 0 aliphatic heterocycles. The van der Waals surface area contributed by atoms with Crippen LogP contribution in [0.25, 0.3) is 0 Å². The summed E-state index contributed by atoms with van der Waals surface area (Å²) >= 11 is 0. The zero-order chi connectivity index (χ0) is 12.0. The monoisotopic (exact) mass is 264 g/mol. The highest BCUT2D eigenvalue weighted by atomic mass is 35.5. The number of amides is 1. The maximum atomic E-state index is 11.5. The first-order valence-corrected chi connectivity index (χ1v) is 6.26. The van der Waals surface area contributed by atoms with Crippen LogP contribution in [0.2, 0.25) is 0 Å². The minimum absolute atomic E-state index is 0. The van der Waals surface area contributed by atoms with E-state index in [1.807, 2.05) is 13.8 Å². The first-order chi connectivity index (χ1) is 7.61. The number of rotatable bonds is 6. The predicted molar refractivity (Wildman–Crippen MR) is 71.3 cm³/mol. The fourth-order valence-corrected chi connectivity index (χ4v) is 1.88. The van der Waals surface area contributed by atoms with Crippen molar-refractivity contribution in [2.24, 2.45) is 11.7 Å². The van der Waals surface area contributed by atoms with Crippen LogP contribution in [0.4, 0.5) is 0 Å². The van der Waals surface area contributed by atoms with Crippen molar-refractivity contribution in [2.45, 2.75) is 51.7 Å². The molecule has 0 aromatic heterocycles. The second kappa shape index (κ2) is 8.72. The van der Waals surface area contributed by atoms with Crippen LogP contribution >= 0.6 is 12.4 Å². The zero-order valence-corrected chi connectivity index (χ0v) is 11.6. The van der Waals surface area contributed by atoms with Crippen molar-refractivity contribution in [3.63, 3.8) is 0 Å². The third kappa shape index (κ3) is 6.24. The van der Waals surface area contributed by atoms with Crippen LogP contribution in [0, 0.1) is 5.92 Å². The third-order valence-electron chi connectivity index (χ3n) is 3.08. The molecule has 0 heterocycles. The van der Waals surface area contributed by atoms with Crippen LogP contribution in [0.5, 0.6) is 0 Å². The van der Waals surface area contributed by atoms with Crippen molar-refractivity contribution in [3.05, 3.63) is 0 Å². The molecular formula is C12H25ClN2O2. The fourth-order valence-electron chi connectivity index (χ4n) is 1.88. The quantitative estimate of drug-likeness (QED) is 0.714. The molecule has 1 fully saturated rings. The van der Waals surface area contributed by atoms with E-state index in [4.69, 9.17) is 10.5 Å². The lowest BCUT2D eigenvalue weighted by Gasteiger charge is -2.16. The summed E-state index contributed by atoms with van der Waals surface area (Å²) < 4.78 is 5.64. The smallest absolute Gasteiger partial charge is 0.237 e. The van der Waals surface area contributed by atoms with E-state index in [0.29, 0.717) is 19.3 Å². The molecule has 0 saturated heterocycles. The van der Waals surface area contributed by atoms with Gasteiger partial charge >= 0.3 is 0 Å². The van der Waals surface area contributed by atoms with Crippen LogP contribution in [0.15, 0.2) is 0 Å². The molecule has 4 nitrogen and oxygen atoms in total. The van der Waals surface area contributed by atoms with Gasteiger partial charge in [-0.05, 0) is 18.8 Å². The molecule has 1 amide bonds. The number of halogens is 1. The molecule has 1 aliphatic carbocycles. The summed E-state index contributed by atoms with van der Waals surface area (Å²) in [6.07, 6.45) is 5.29. The maximum absolute atomic E-state index is 11.5. The summed E-state index contributed by atoms with van der Waals surface area (Å²) in [4.78, 5) is 11.5. The van der Waals surface area contributed by atoms with Crippen molar-refractivity contribution >= 4 is 18.3 Å². The second-order valence-electron chi connectivity index (χ2n) is 4.84. The average Bonchev–Trinajstić information content (AvgIpc) is 2.75. The topological polar surface area (TPSA) is 64.4 Å². The Kier molecular flexibility index (Phi) is 8.56. The molecule has 0 aromatic rings. The van der Waals surface area contributed by atoms with Crippen molar-refractivity contribution in [3.8, 4) is 0 Å². The van der Waals surface area contributed by atoms with Crippen molar-refractivity contribution < 1.29 is 9.53 Å². The highest BCUT2D eigenvalue weighted by Gasteiger charge is 2.17. The molecule has 1 saturated carbocycles. The summed E-state index contributed by atoms with van der Waals surface area (Å²) in [6.45, 7) is 5.05. The molecule has 3 N–H and O–H groups in total. The summed E-state index contributed by atoms with van der Waals surface area (Å²) in [6, 6.07) is -0.411. The van der Waals surface area contributed by atoms with E-state index in [2.05, 4.69) is 5.32 Å². The van der Waals surface area contributed by atoms with Crippen LogP contribution in [0.1, 0.15) is 39.5 Å². The average molecular weight is 265 g/mol. The Hall–Kier alpha value is -0.320. The predicted octanol–water partition coefficient (Wildman–Crippen LogP) is 1.47. The normalized spacial score (nSPS) is 17.9. The van der Waals surface area contributed by atoms with Gasteiger partial charge in [0.25, 0.3) is 0 Å². The van der Waals surface area contributed by atoms with Crippen molar-refractivity contribution in [1.82, 2.24) is 5.32 Å². The number of hydrogen-bond donors (Lipinski definition) is 2. The Balaban J connectivity index is 0.00000256. The van der Waals surface area contributed by atoms with Gasteiger partial charge in [0.1, 0.15) is 0 Å². The Bertz CT molecular complexity index is 219. The summed E-state index contributed by atoms with van der Waals surface area (Å²) in [5, 5.41) is 2.80. The van der Waals surface area contributed by atoms with E-state index in [1.54, 1.807) is 0 Å². The number of carbonyl (C=O) groups is 1. The lowest BCUT2D eigenvalue weighted by atomic mass is 10.1. The van der Waals surface area contributed by atoms with Gasteiger partial charge in [0.15, 0.2) is 0 Å².